The summed E-state index contributed by atoms with van der Waals surface area (Å²) in [5.74, 6) is 0.433. The van der Waals surface area contributed by atoms with Crippen LogP contribution in [0.2, 0.25) is 0 Å². The van der Waals surface area contributed by atoms with E-state index in [1.807, 2.05) is 30.0 Å². The Morgan fingerprint density at radius 1 is 1.36 bits per heavy atom. The summed E-state index contributed by atoms with van der Waals surface area (Å²) in [5, 5.41) is 2.83. The van der Waals surface area contributed by atoms with Gasteiger partial charge in [-0.3, -0.25) is 9.59 Å². The van der Waals surface area contributed by atoms with Crippen LogP contribution in [0, 0.1) is 5.92 Å². The Hall–Kier alpha value is -1.88. The summed E-state index contributed by atoms with van der Waals surface area (Å²) in [4.78, 5) is 25.7. The predicted molar refractivity (Wildman–Crippen MR) is 87.1 cm³/mol. The molecule has 1 aromatic rings. The van der Waals surface area contributed by atoms with Crippen molar-refractivity contribution in [3.05, 3.63) is 23.8 Å². The minimum absolute atomic E-state index is 0.0611. The summed E-state index contributed by atoms with van der Waals surface area (Å²) in [6.07, 6.45) is 1.24. The number of carbonyl (C=O) groups is 2. The van der Waals surface area contributed by atoms with Crippen LogP contribution in [-0.2, 0) is 20.7 Å². The van der Waals surface area contributed by atoms with Gasteiger partial charge in [0.05, 0.1) is 0 Å². The molecule has 2 rings (SSSR count). The highest BCUT2D eigenvalue weighted by atomic mass is 16.5. The number of nitrogens with one attached hydrogen (secondary N) is 1. The third-order valence-corrected chi connectivity index (χ3v) is 3.55. The van der Waals surface area contributed by atoms with Crippen molar-refractivity contribution in [2.45, 2.75) is 33.6 Å². The van der Waals surface area contributed by atoms with E-state index in [1.54, 1.807) is 0 Å². The second-order valence-electron chi connectivity index (χ2n) is 5.93. The number of fused-ring (bicyclic) bond motifs is 1. The molecule has 22 heavy (non-hydrogen) atoms. The molecule has 0 fully saturated rings. The Morgan fingerprint density at radius 2 is 2.14 bits per heavy atom. The first-order valence-electron chi connectivity index (χ1n) is 7.82. The van der Waals surface area contributed by atoms with E-state index in [9.17, 15) is 9.59 Å². The number of ether oxygens (including phenoxy) is 1. The lowest BCUT2D eigenvalue weighted by molar-refractivity contribution is -0.120. The predicted octanol–water partition coefficient (Wildman–Crippen LogP) is 2.60. The summed E-state index contributed by atoms with van der Waals surface area (Å²) in [5.41, 5.74) is 2.82. The van der Waals surface area contributed by atoms with Gasteiger partial charge < -0.3 is 15.0 Å². The molecule has 0 saturated heterocycles. The smallest absolute Gasteiger partial charge is 0.250 e. The first kappa shape index (κ1) is 16.5. The summed E-state index contributed by atoms with van der Waals surface area (Å²) >= 11 is 0. The number of aryl methyl sites for hydroxylation is 1. The minimum Gasteiger partial charge on any atom is -0.372 e. The molecule has 0 aliphatic carbocycles. The highest BCUT2D eigenvalue weighted by molar-refractivity contribution is 5.97. The van der Waals surface area contributed by atoms with Crippen LogP contribution in [0.15, 0.2) is 18.2 Å². The average molecular weight is 304 g/mol. The van der Waals surface area contributed by atoms with Crippen LogP contribution in [0.4, 0.5) is 11.4 Å². The van der Waals surface area contributed by atoms with Crippen LogP contribution < -0.4 is 10.2 Å². The molecular formula is C17H24N2O3. The summed E-state index contributed by atoms with van der Waals surface area (Å²) in [7, 11) is 0. The van der Waals surface area contributed by atoms with Crippen molar-refractivity contribution in [3.63, 3.8) is 0 Å². The summed E-state index contributed by atoms with van der Waals surface area (Å²) in [6.45, 7) is 7.36. The molecule has 1 N–H and O–H groups in total. The molecule has 0 spiro atoms. The molecule has 2 amide bonds. The number of carbonyl (C=O) groups excluding carboxylic acids is 2. The van der Waals surface area contributed by atoms with Gasteiger partial charge in [0.1, 0.15) is 6.61 Å². The molecule has 0 unspecified atom stereocenters. The number of benzene rings is 1. The molecule has 1 heterocycles. The van der Waals surface area contributed by atoms with E-state index >= 15 is 0 Å². The molecule has 1 aliphatic rings. The molecule has 1 aliphatic heterocycles. The fourth-order valence-electron chi connectivity index (χ4n) is 2.59. The standard InChI is InChI=1S/C17H24N2O3/c1-4-22-11-16(20)18-14-6-7-15-13(9-14)5-8-17(21)19(15)10-12(2)3/h6-7,9,12H,4-5,8,10-11H2,1-3H3,(H,18,20). The van der Waals surface area contributed by atoms with Crippen LogP contribution in [0.3, 0.4) is 0 Å². The molecule has 0 radical (unpaired) electrons. The maximum Gasteiger partial charge on any atom is 0.250 e. The molecule has 0 aromatic heterocycles. The average Bonchev–Trinajstić information content (AvgIpc) is 2.48. The molecule has 5 heteroatoms. The number of hydrogen-bond donors (Lipinski definition) is 1. The molecule has 120 valence electrons. The zero-order chi connectivity index (χ0) is 16.1. The van der Waals surface area contributed by atoms with Gasteiger partial charge in [0, 0.05) is 30.9 Å². The Bertz CT molecular complexity index is 555. The number of hydrogen-bond acceptors (Lipinski definition) is 3. The highest BCUT2D eigenvalue weighted by Crippen LogP contribution is 2.30. The van der Waals surface area contributed by atoms with E-state index in [1.165, 1.54) is 0 Å². The van der Waals surface area contributed by atoms with Gasteiger partial charge >= 0.3 is 0 Å². The van der Waals surface area contributed by atoms with E-state index in [2.05, 4.69) is 19.2 Å². The van der Waals surface area contributed by atoms with Gasteiger partial charge in [-0.25, -0.2) is 0 Å². The monoisotopic (exact) mass is 304 g/mol. The lowest BCUT2D eigenvalue weighted by atomic mass is 9.99. The van der Waals surface area contributed by atoms with Crippen LogP contribution >= 0.6 is 0 Å². The van der Waals surface area contributed by atoms with Crippen molar-refractivity contribution in [3.8, 4) is 0 Å². The molecule has 0 saturated carbocycles. The second-order valence-corrected chi connectivity index (χ2v) is 5.93. The van der Waals surface area contributed by atoms with Crippen LogP contribution in [0.1, 0.15) is 32.8 Å². The van der Waals surface area contributed by atoms with Crippen molar-refractivity contribution in [1.82, 2.24) is 0 Å². The quantitative estimate of drug-likeness (QED) is 0.879. The van der Waals surface area contributed by atoms with Crippen LogP contribution in [-0.4, -0.2) is 31.6 Å². The Morgan fingerprint density at radius 3 is 2.82 bits per heavy atom. The normalized spacial score (nSPS) is 14.2. The second kappa shape index (κ2) is 7.40. The first-order chi connectivity index (χ1) is 10.5. The zero-order valence-electron chi connectivity index (χ0n) is 13.5. The van der Waals surface area contributed by atoms with Crippen molar-refractivity contribution in [2.24, 2.45) is 5.92 Å². The molecule has 5 nitrogen and oxygen atoms in total. The third-order valence-electron chi connectivity index (χ3n) is 3.55. The van der Waals surface area contributed by atoms with Gasteiger partial charge in [0.15, 0.2) is 0 Å². The maximum absolute atomic E-state index is 12.1. The van der Waals surface area contributed by atoms with Gasteiger partial charge in [-0.05, 0) is 43.0 Å². The van der Waals surface area contributed by atoms with E-state index in [4.69, 9.17) is 4.74 Å². The van der Waals surface area contributed by atoms with Crippen molar-refractivity contribution in [2.75, 3.05) is 30.0 Å². The van der Waals surface area contributed by atoms with Gasteiger partial charge in [-0.15, -0.1) is 0 Å². The van der Waals surface area contributed by atoms with Crippen molar-refractivity contribution < 1.29 is 14.3 Å². The Kier molecular flexibility index (Phi) is 5.55. The van der Waals surface area contributed by atoms with Gasteiger partial charge in [0.25, 0.3) is 0 Å². The summed E-state index contributed by atoms with van der Waals surface area (Å²) in [6, 6.07) is 5.72. The first-order valence-corrected chi connectivity index (χ1v) is 7.82. The number of anilines is 2. The van der Waals surface area contributed by atoms with E-state index in [0.29, 0.717) is 18.9 Å². The maximum atomic E-state index is 12.1. The van der Waals surface area contributed by atoms with Crippen molar-refractivity contribution in [1.29, 1.82) is 0 Å². The van der Waals surface area contributed by atoms with E-state index < -0.39 is 0 Å². The molecule has 0 bridgehead atoms. The molecular weight excluding hydrogens is 280 g/mol. The topological polar surface area (TPSA) is 58.6 Å². The van der Waals surface area contributed by atoms with E-state index in [0.717, 1.165) is 29.9 Å². The fraction of sp³-hybridized carbons (Fsp3) is 0.529. The molecule has 0 atom stereocenters. The number of amides is 2. The summed E-state index contributed by atoms with van der Waals surface area (Å²) < 4.78 is 5.09. The number of nitrogens with zero attached hydrogens (tertiary/aromatic N) is 1. The van der Waals surface area contributed by atoms with E-state index in [-0.39, 0.29) is 18.4 Å². The van der Waals surface area contributed by atoms with Crippen LogP contribution in [0.5, 0.6) is 0 Å². The Labute approximate surface area is 131 Å². The lowest BCUT2D eigenvalue weighted by Gasteiger charge is -2.31. The largest absolute Gasteiger partial charge is 0.372 e. The van der Waals surface area contributed by atoms with Gasteiger partial charge in [0.2, 0.25) is 11.8 Å². The van der Waals surface area contributed by atoms with Crippen molar-refractivity contribution >= 4 is 23.2 Å². The molecule has 1 aromatic carbocycles. The highest BCUT2D eigenvalue weighted by Gasteiger charge is 2.24. The number of rotatable bonds is 6. The van der Waals surface area contributed by atoms with Gasteiger partial charge in [-0.1, -0.05) is 13.8 Å². The zero-order valence-corrected chi connectivity index (χ0v) is 13.5. The Balaban J connectivity index is 2.13. The van der Waals surface area contributed by atoms with Crippen LogP contribution in [0.25, 0.3) is 0 Å². The SMILES string of the molecule is CCOCC(=O)Nc1ccc2c(c1)CCC(=O)N2CC(C)C. The third kappa shape index (κ3) is 4.07. The minimum atomic E-state index is -0.160. The lowest BCUT2D eigenvalue weighted by Crippen LogP contribution is -2.37. The van der Waals surface area contributed by atoms with Gasteiger partial charge in [-0.2, -0.15) is 0 Å². The fourth-order valence-corrected chi connectivity index (χ4v) is 2.59.